The maximum absolute atomic E-state index is 12.6. The molecule has 0 aliphatic carbocycles. The van der Waals surface area contributed by atoms with Crippen molar-refractivity contribution in [3.8, 4) is 0 Å². The van der Waals surface area contributed by atoms with Crippen LogP contribution in [0.4, 0.5) is 0 Å². The number of furan rings is 1. The fraction of sp³-hybridized carbons (Fsp3) is 0.300. The van der Waals surface area contributed by atoms with Crippen molar-refractivity contribution in [1.82, 2.24) is 4.72 Å². The van der Waals surface area contributed by atoms with Crippen LogP contribution in [-0.4, -0.2) is 14.5 Å². The van der Waals surface area contributed by atoms with Crippen molar-refractivity contribution in [2.45, 2.75) is 44.0 Å². The molecule has 1 heterocycles. The minimum absolute atomic E-state index is 0.197. The summed E-state index contributed by atoms with van der Waals surface area (Å²) in [6, 6.07) is 16.5. The van der Waals surface area contributed by atoms with Crippen LogP contribution in [0.1, 0.15) is 31.1 Å². The Hall–Kier alpha value is -2.11. The third-order valence-corrected chi connectivity index (χ3v) is 5.75. The van der Waals surface area contributed by atoms with Gasteiger partial charge in [0.05, 0.1) is 4.90 Å². The molecule has 132 valence electrons. The van der Waals surface area contributed by atoms with Crippen LogP contribution in [0, 0.1) is 6.92 Å². The number of fused-ring (bicyclic) bond motifs is 1. The Bertz CT molecular complexity index is 909. The van der Waals surface area contributed by atoms with Crippen LogP contribution in [0.2, 0.25) is 0 Å². The lowest BCUT2D eigenvalue weighted by Gasteiger charge is -2.17. The number of hydrogen-bond donors (Lipinski definition) is 1. The molecule has 0 radical (unpaired) electrons. The number of sulfonamides is 1. The molecule has 4 nitrogen and oxygen atoms in total. The van der Waals surface area contributed by atoms with Crippen molar-refractivity contribution < 1.29 is 12.8 Å². The average molecular weight is 357 g/mol. The van der Waals surface area contributed by atoms with Gasteiger partial charge in [0.15, 0.2) is 0 Å². The minimum Gasteiger partial charge on any atom is -0.461 e. The monoisotopic (exact) mass is 357 g/mol. The molecule has 0 fully saturated rings. The van der Waals surface area contributed by atoms with Crippen molar-refractivity contribution in [3.05, 3.63) is 65.9 Å². The van der Waals surface area contributed by atoms with Gasteiger partial charge in [-0.2, -0.15) is 0 Å². The van der Waals surface area contributed by atoms with E-state index in [1.54, 1.807) is 12.1 Å². The van der Waals surface area contributed by atoms with E-state index in [-0.39, 0.29) is 6.04 Å². The Kier molecular flexibility index (Phi) is 5.25. The molecule has 0 saturated heterocycles. The first-order valence-corrected chi connectivity index (χ1v) is 10.0. The molecule has 3 rings (SSSR count). The highest BCUT2D eigenvalue weighted by atomic mass is 32.2. The van der Waals surface area contributed by atoms with Crippen LogP contribution in [0.3, 0.4) is 0 Å². The number of para-hydroxylation sites is 1. The quantitative estimate of drug-likeness (QED) is 0.680. The summed E-state index contributed by atoms with van der Waals surface area (Å²) >= 11 is 0. The summed E-state index contributed by atoms with van der Waals surface area (Å²) in [4.78, 5) is 0.295. The van der Waals surface area contributed by atoms with Gasteiger partial charge in [0.1, 0.15) is 11.3 Å². The minimum atomic E-state index is -3.54. The van der Waals surface area contributed by atoms with E-state index in [9.17, 15) is 8.42 Å². The lowest BCUT2D eigenvalue weighted by atomic mass is 10.1. The van der Waals surface area contributed by atoms with E-state index < -0.39 is 10.0 Å². The summed E-state index contributed by atoms with van der Waals surface area (Å²) in [6.07, 6.45) is 2.18. The first-order valence-electron chi connectivity index (χ1n) is 8.54. The molecule has 0 aliphatic heterocycles. The third-order valence-electron chi connectivity index (χ3n) is 4.21. The van der Waals surface area contributed by atoms with Gasteiger partial charge >= 0.3 is 0 Å². The fourth-order valence-electron chi connectivity index (χ4n) is 2.94. The second-order valence-electron chi connectivity index (χ2n) is 6.37. The van der Waals surface area contributed by atoms with Gasteiger partial charge in [-0.1, -0.05) is 49.2 Å². The summed E-state index contributed by atoms with van der Waals surface area (Å²) in [5, 5.41) is 1.04. The van der Waals surface area contributed by atoms with Gasteiger partial charge in [0.2, 0.25) is 10.0 Å². The molecule has 0 saturated carbocycles. The lowest BCUT2D eigenvalue weighted by molar-refractivity contribution is 0.469. The van der Waals surface area contributed by atoms with E-state index in [0.29, 0.717) is 11.3 Å². The van der Waals surface area contributed by atoms with Crippen molar-refractivity contribution in [3.63, 3.8) is 0 Å². The van der Waals surface area contributed by atoms with Gasteiger partial charge in [0.25, 0.3) is 0 Å². The molecule has 0 aliphatic rings. The fourth-order valence-corrected chi connectivity index (χ4v) is 4.21. The van der Waals surface area contributed by atoms with Crippen LogP contribution in [0.15, 0.2) is 63.9 Å². The molecule has 1 atom stereocenters. The van der Waals surface area contributed by atoms with Crippen LogP contribution in [-0.2, 0) is 16.4 Å². The second kappa shape index (κ2) is 7.42. The van der Waals surface area contributed by atoms with Gasteiger partial charge in [-0.05, 0) is 37.6 Å². The Morgan fingerprint density at radius 3 is 2.48 bits per heavy atom. The summed E-state index contributed by atoms with van der Waals surface area (Å²) in [5.41, 5.74) is 1.86. The maximum atomic E-state index is 12.6. The molecular formula is C20H23NO3S. The van der Waals surface area contributed by atoms with Gasteiger partial charge in [-0.25, -0.2) is 13.1 Å². The summed E-state index contributed by atoms with van der Waals surface area (Å²) in [6.45, 7) is 3.98. The van der Waals surface area contributed by atoms with Gasteiger partial charge in [-0.3, -0.25) is 0 Å². The highest BCUT2D eigenvalue weighted by molar-refractivity contribution is 7.89. The second-order valence-corrected chi connectivity index (χ2v) is 8.09. The standard InChI is InChI=1S/C20H23NO3S/c1-3-6-17(14-18-13-16-7-4-5-8-20(16)24-18)21-25(22,23)19-11-9-15(2)10-12-19/h4-5,7-13,17,21H,3,6,14H2,1-2H3/t17-/m1/s1. The van der Waals surface area contributed by atoms with Crippen LogP contribution < -0.4 is 4.72 Å². The molecule has 1 aromatic heterocycles. The number of nitrogens with one attached hydrogen (secondary N) is 1. The van der Waals surface area contributed by atoms with Crippen LogP contribution >= 0.6 is 0 Å². The Morgan fingerprint density at radius 2 is 1.80 bits per heavy atom. The molecule has 25 heavy (non-hydrogen) atoms. The van der Waals surface area contributed by atoms with Crippen molar-refractivity contribution in [1.29, 1.82) is 0 Å². The molecule has 3 aromatic rings. The Balaban J connectivity index is 1.79. The van der Waals surface area contributed by atoms with Gasteiger partial charge in [0, 0.05) is 17.8 Å². The van der Waals surface area contributed by atoms with E-state index in [0.717, 1.165) is 35.1 Å². The lowest BCUT2D eigenvalue weighted by Crippen LogP contribution is -2.36. The third kappa shape index (κ3) is 4.30. The molecule has 2 aromatic carbocycles. The predicted molar refractivity (Wildman–Crippen MR) is 100 cm³/mol. The van der Waals surface area contributed by atoms with Crippen molar-refractivity contribution >= 4 is 21.0 Å². The molecule has 0 spiro atoms. The van der Waals surface area contributed by atoms with Crippen molar-refractivity contribution in [2.24, 2.45) is 0 Å². The van der Waals surface area contributed by atoms with Gasteiger partial charge < -0.3 is 4.42 Å². The molecule has 0 bridgehead atoms. The summed E-state index contributed by atoms with van der Waals surface area (Å²) < 4.78 is 34.0. The number of hydrogen-bond acceptors (Lipinski definition) is 3. The zero-order chi connectivity index (χ0) is 17.9. The largest absolute Gasteiger partial charge is 0.461 e. The average Bonchev–Trinajstić information content (AvgIpc) is 2.97. The van der Waals surface area contributed by atoms with Crippen LogP contribution in [0.5, 0.6) is 0 Å². The summed E-state index contributed by atoms with van der Waals surface area (Å²) in [7, 11) is -3.54. The Labute approximate surface area is 148 Å². The zero-order valence-corrected chi connectivity index (χ0v) is 15.3. The Morgan fingerprint density at radius 1 is 1.08 bits per heavy atom. The van der Waals surface area contributed by atoms with Crippen LogP contribution in [0.25, 0.3) is 11.0 Å². The summed E-state index contributed by atoms with van der Waals surface area (Å²) in [5.74, 6) is 0.797. The number of rotatable bonds is 7. The highest BCUT2D eigenvalue weighted by Gasteiger charge is 2.21. The highest BCUT2D eigenvalue weighted by Crippen LogP contribution is 2.21. The normalized spacial score (nSPS) is 13.2. The number of benzene rings is 2. The molecular weight excluding hydrogens is 334 g/mol. The van der Waals surface area contributed by atoms with Gasteiger partial charge in [-0.15, -0.1) is 0 Å². The van der Waals surface area contributed by atoms with E-state index in [1.807, 2.05) is 56.3 Å². The van der Waals surface area contributed by atoms with E-state index >= 15 is 0 Å². The molecule has 5 heteroatoms. The smallest absolute Gasteiger partial charge is 0.240 e. The first-order chi connectivity index (χ1) is 12.0. The maximum Gasteiger partial charge on any atom is 0.240 e. The topological polar surface area (TPSA) is 59.3 Å². The SMILES string of the molecule is CCC[C@H](Cc1cc2ccccc2o1)NS(=O)(=O)c1ccc(C)cc1. The van der Waals surface area contributed by atoms with Crippen molar-refractivity contribution in [2.75, 3.05) is 0 Å². The zero-order valence-electron chi connectivity index (χ0n) is 14.5. The number of aryl methyl sites for hydroxylation is 1. The first kappa shape index (κ1) is 17.7. The van der Waals surface area contributed by atoms with E-state index in [4.69, 9.17) is 4.42 Å². The predicted octanol–water partition coefficient (Wildman–Crippen LogP) is 4.43. The molecule has 0 unspecified atom stereocenters. The van der Waals surface area contributed by atoms with E-state index in [2.05, 4.69) is 4.72 Å². The van der Waals surface area contributed by atoms with E-state index in [1.165, 1.54) is 0 Å². The molecule has 1 N–H and O–H groups in total. The molecule has 0 amide bonds.